The average Bonchev–Trinajstić information content (AvgIpc) is 2.34. The standard InChI is InChI=1S/C16H27NO6/c1-15(2,3)22-13(19)9-12(18)11-10-21-8-7-17(11)14(20)23-16(4,5)6/h11H,7-10H2,1-6H3/t11-/m0/s1. The molecule has 0 aromatic heterocycles. The van der Waals surface area contributed by atoms with Crippen molar-refractivity contribution in [3.05, 3.63) is 0 Å². The minimum atomic E-state index is -0.828. The molecule has 132 valence electrons. The van der Waals surface area contributed by atoms with Crippen LogP contribution in [0.5, 0.6) is 0 Å². The van der Waals surface area contributed by atoms with Gasteiger partial charge in [0.1, 0.15) is 23.7 Å². The van der Waals surface area contributed by atoms with Crippen LogP contribution in [-0.2, 0) is 23.8 Å². The topological polar surface area (TPSA) is 82.1 Å². The first-order valence-corrected chi connectivity index (χ1v) is 7.71. The van der Waals surface area contributed by atoms with E-state index in [1.54, 1.807) is 41.5 Å². The molecule has 23 heavy (non-hydrogen) atoms. The highest BCUT2D eigenvalue weighted by molar-refractivity contribution is 5.99. The number of carbonyl (C=O) groups is 3. The molecule has 7 nitrogen and oxygen atoms in total. The number of hydrogen-bond donors (Lipinski definition) is 0. The zero-order valence-electron chi connectivity index (χ0n) is 14.8. The van der Waals surface area contributed by atoms with Gasteiger partial charge in [0.25, 0.3) is 0 Å². The fourth-order valence-electron chi connectivity index (χ4n) is 2.05. The molecule has 1 saturated heterocycles. The van der Waals surface area contributed by atoms with Crippen LogP contribution in [0.1, 0.15) is 48.0 Å². The minimum Gasteiger partial charge on any atom is -0.460 e. The Morgan fingerprint density at radius 3 is 2.13 bits per heavy atom. The summed E-state index contributed by atoms with van der Waals surface area (Å²) in [6.07, 6.45) is -0.978. The Morgan fingerprint density at radius 2 is 1.61 bits per heavy atom. The van der Waals surface area contributed by atoms with E-state index in [4.69, 9.17) is 14.2 Å². The molecule has 1 fully saturated rings. The monoisotopic (exact) mass is 329 g/mol. The van der Waals surface area contributed by atoms with Crippen LogP contribution in [0.25, 0.3) is 0 Å². The zero-order valence-corrected chi connectivity index (χ0v) is 14.8. The molecule has 0 unspecified atom stereocenters. The molecule has 0 N–H and O–H groups in total. The molecule has 0 saturated carbocycles. The lowest BCUT2D eigenvalue weighted by atomic mass is 10.1. The maximum Gasteiger partial charge on any atom is 0.411 e. The molecule has 0 radical (unpaired) electrons. The summed E-state index contributed by atoms with van der Waals surface area (Å²) in [4.78, 5) is 37.7. The van der Waals surface area contributed by atoms with Gasteiger partial charge in [0.05, 0.1) is 13.2 Å². The van der Waals surface area contributed by atoms with Crippen LogP contribution < -0.4 is 0 Å². The van der Waals surface area contributed by atoms with Gasteiger partial charge in [-0.3, -0.25) is 14.5 Å². The maximum atomic E-state index is 12.3. The van der Waals surface area contributed by atoms with E-state index in [1.165, 1.54) is 4.90 Å². The van der Waals surface area contributed by atoms with Gasteiger partial charge >= 0.3 is 12.1 Å². The summed E-state index contributed by atoms with van der Waals surface area (Å²) in [6, 6.07) is -0.828. The van der Waals surface area contributed by atoms with Crippen LogP contribution in [0.2, 0.25) is 0 Å². The minimum absolute atomic E-state index is 0.0564. The molecule has 0 aliphatic carbocycles. The van der Waals surface area contributed by atoms with Crippen LogP contribution in [-0.4, -0.2) is 59.7 Å². The third-order valence-corrected chi connectivity index (χ3v) is 2.87. The smallest absolute Gasteiger partial charge is 0.411 e. The van der Waals surface area contributed by atoms with Crippen molar-refractivity contribution in [2.24, 2.45) is 0 Å². The fraction of sp³-hybridized carbons (Fsp3) is 0.812. The van der Waals surface area contributed by atoms with Gasteiger partial charge in [0.15, 0.2) is 5.78 Å². The SMILES string of the molecule is CC(C)(C)OC(=O)CC(=O)[C@@H]1COCCN1C(=O)OC(C)(C)C. The van der Waals surface area contributed by atoms with Crippen LogP contribution in [0, 0.1) is 0 Å². The number of morpholine rings is 1. The normalized spacial score (nSPS) is 19.2. The molecule has 1 rings (SSSR count). The van der Waals surface area contributed by atoms with E-state index in [1.807, 2.05) is 0 Å². The molecule has 0 aromatic carbocycles. The van der Waals surface area contributed by atoms with Crippen molar-refractivity contribution in [1.82, 2.24) is 4.90 Å². The van der Waals surface area contributed by atoms with E-state index in [9.17, 15) is 14.4 Å². The molecule has 7 heteroatoms. The van der Waals surface area contributed by atoms with E-state index in [2.05, 4.69) is 0 Å². The Kier molecular flexibility index (Phi) is 6.16. The number of ether oxygens (including phenoxy) is 3. The molecule has 1 heterocycles. The van der Waals surface area contributed by atoms with Crippen molar-refractivity contribution in [3.8, 4) is 0 Å². The van der Waals surface area contributed by atoms with E-state index in [0.29, 0.717) is 6.61 Å². The number of amides is 1. The lowest BCUT2D eigenvalue weighted by molar-refractivity contribution is -0.157. The Balaban J connectivity index is 2.72. The van der Waals surface area contributed by atoms with Crippen LogP contribution >= 0.6 is 0 Å². The second-order valence-corrected chi connectivity index (χ2v) is 7.49. The first-order chi connectivity index (χ1) is 10.4. The van der Waals surface area contributed by atoms with Crippen molar-refractivity contribution < 1.29 is 28.6 Å². The maximum absolute atomic E-state index is 12.3. The first kappa shape index (κ1) is 19.4. The summed E-state index contributed by atoms with van der Waals surface area (Å²) in [5, 5.41) is 0. The number of rotatable bonds is 3. The van der Waals surface area contributed by atoms with Gasteiger partial charge in [-0.15, -0.1) is 0 Å². The van der Waals surface area contributed by atoms with Crippen LogP contribution in [0.4, 0.5) is 4.79 Å². The van der Waals surface area contributed by atoms with E-state index >= 15 is 0 Å². The summed E-state index contributed by atoms with van der Waals surface area (Å²) >= 11 is 0. The largest absolute Gasteiger partial charge is 0.460 e. The number of hydrogen-bond acceptors (Lipinski definition) is 6. The fourth-order valence-corrected chi connectivity index (χ4v) is 2.05. The van der Waals surface area contributed by atoms with Gasteiger partial charge in [0, 0.05) is 6.54 Å². The van der Waals surface area contributed by atoms with Gasteiger partial charge in [-0.05, 0) is 41.5 Å². The first-order valence-electron chi connectivity index (χ1n) is 7.71. The van der Waals surface area contributed by atoms with Gasteiger partial charge < -0.3 is 14.2 Å². The Bertz CT molecular complexity index is 460. The van der Waals surface area contributed by atoms with Gasteiger partial charge in [-0.1, -0.05) is 0 Å². The average molecular weight is 329 g/mol. The number of nitrogens with zero attached hydrogens (tertiary/aromatic N) is 1. The van der Waals surface area contributed by atoms with Crippen molar-refractivity contribution in [2.75, 3.05) is 19.8 Å². The second-order valence-electron chi connectivity index (χ2n) is 7.49. The van der Waals surface area contributed by atoms with Crippen molar-refractivity contribution in [1.29, 1.82) is 0 Å². The second kappa shape index (κ2) is 7.29. The number of Topliss-reactive ketones (excluding diaryl/α,β-unsaturated/α-hetero) is 1. The zero-order chi connectivity index (χ0) is 17.8. The number of esters is 1. The molecule has 1 aliphatic rings. The summed E-state index contributed by atoms with van der Waals surface area (Å²) in [6.45, 7) is 11.1. The molecule has 1 aliphatic heterocycles. The summed E-state index contributed by atoms with van der Waals surface area (Å²) in [5.74, 6) is -1.03. The lowest BCUT2D eigenvalue weighted by Crippen LogP contribution is -2.54. The number of carbonyl (C=O) groups excluding carboxylic acids is 3. The predicted octanol–water partition coefficient (Wildman–Crippen LogP) is 1.92. The predicted molar refractivity (Wildman–Crippen MR) is 83.0 cm³/mol. The quantitative estimate of drug-likeness (QED) is 0.581. The summed E-state index contributed by atoms with van der Waals surface area (Å²) < 4.78 is 15.7. The highest BCUT2D eigenvalue weighted by Crippen LogP contribution is 2.17. The van der Waals surface area contributed by atoms with Crippen LogP contribution in [0.3, 0.4) is 0 Å². The van der Waals surface area contributed by atoms with E-state index in [-0.39, 0.29) is 13.2 Å². The third-order valence-electron chi connectivity index (χ3n) is 2.87. The molecule has 1 atom stereocenters. The molecule has 0 spiro atoms. The van der Waals surface area contributed by atoms with Crippen molar-refractivity contribution >= 4 is 17.8 Å². The molecular weight excluding hydrogens is 302 g/mol. The Labute approximate surface area is 137 Å². The molecular formula is C16H27NO6. The van der Waals surface area contributed by atoms with E-state index < -0.39 is 41.5 Å². The van der Waals surface area contributed by atoms with Gasteiger partial charge in [-0.25, -0.2) is 4.79 Å². The van der Waals surface area contributed by atoms with Crippen molar-refractivity contribution in [2.45, 2.75) is 65.2 Å². The Hall–Kier alpha value is -1.63. The van der Waals surface area contributed by atoms with Crippen molar-refractivity contribution in [3.63, 3.8) is 0 Å². The molecule has 0 aromatic rings. The Morgan fingerprint density at radius 1 is 1.04 bits per heavy atom. The molecule has 0 bridgehead atoms. The summed E-state index contributed by atoms with van der Waals surface area (Å²) in [5.41, 5.74) is -1.32. The highest BCUT2D eigenvalue weighted by Gasteiger charge is 2.36. The van der Waals surface area contributed by atoms with Crippen LogP contribution in [0.15, 0.2) is 0 Å². The highest BCUT2D eigenvalue weighted by atomic mass is 16.6. The lowest BCUT2D eigenvalue weighted by Gasteiger charge is -2.35. The summed E-state index contributed by atoms with van der Waals surface area (Å²) in [7, 11) is 0. The van der Waals surface area contributed by atoms with E-state index in [0.717, 1.165) is 0 Å². The molecule has 1 amide bonds. The van der Waals surface area contributed by atoms with Gasteiger partial charge in [-0.2, -0.15) is 0 Å². The number of ketones is 1. The third kappa shape index (κ3) is 6.99. The van der Waals surface area contributed by atoms with Gasteiger partial charge in [0.2, 0.25) is 0 Å².